The van der Waals surface area contributed by atoms with Crippen LogP contribution in [-0.4, -0.2) is 41.4 Å². The minimum absolute atomic E-state index is 0.0265. The highest BCUT2D eigenvalue weighted by Gasteiger charge is 2.72. The van der Waals surface area contributed by atoms with E-state index in [1.807, 2.05) is 13.8 Å². The second-order valence-corrected chi connectivity index (χ2v) is 6.75. The van der Waals surface area contributed by atoms with E-state index in [4.69, 9.17) is 5.11 Å². The van der Waals surface area contributed by atoms with Crippen LogP contribution in [0.1, 0.15) is 47.0 Å². The summed E-state index contributed by atoms with van der Waals surface area (Å²) in [5.74, 6) is 0.292. The van der Waals surface area contributed by atoms with Gasteiger partial charge < -0.3 is 10.0 Å². The molecule has 2 rings (SSSR count). The summed E-state index contributed by atoms with van der Waals surface area (Å²) < 4.78 is 0. The molecule has 108 valence electrons. The van der Waals surface area contributed by atoms with Crippen molar-refractivity contribution in [2.45, 2.75) is 47.0 Å². The van der Waals surface area contributed by atoms with E-state index >= 15 is 0 Å². The number of hydrogen-bond donors (Lipinski definition) is 1. The number of carbonyl (C=O) groups is 2. The van der Waals surface area contributed by atoms with Gasteiger partial charge in [0.15, 0.2) is 0 Å². The third kappa shape index (κ3) is 1.55. The average Bonchev–Trinajstić information content (AvgIpc) is 2.65. The third-order valence-electron chi connectivity index (χ3n) is 6.15. The van der Waals surface area contributed by atoms with Crippen LogP contribution in [-0.2, 0) is 9.59 Å². The highest BCUT2D eigenvalue weighted by atomic mass is 16.3. The van der Waals surface area contributed by atoms with E-state index in [-0.39, 0.29) is 29.1 Å². The number of aliphatic hydroxyl groups is 1. The summed E-state index contributed by atoms with van der Waals surface area (Å²) in [7, 11) is 0. The molecule has 2 aliphatic rings. The molecule has 0 aromatic carbocycles. The summed E-state index contributed by atoms with van der Waals surface area (Å²) in [6.07, 6.45) is 1.97. The summed E-state index contributed by atoms with van der Waals surface area (Å²) in [4.78, 5) is 26.9. The van der Waals surface area contributed by atoms with E-state index in [1.54, 1.807) is 4.90 Å². The van der Waals surface area contributed by atoms with Crippen molar-refractivity contribution in [3.05, 3.63) is 0 Å². The maximum absolute atomic E-state index is 12.9. The highest BCUT2D eigenvalue weighted by Crippen LogP contribution is 2.70. The molecule has 1 N–H and O–H groups in total. The van der Waals surface area contributed by atoms with Gasteiger partial charge in [0.2, 0.25) is 5.91 Å². The zero-order valence-electron chi connectivity index (χ0n) is 12.5. The van der Waals surface area contributed by atoms with E-state index in [1.165, 1.54) is 0 Å². The van der Waals surface area contributed by atoms with Crippen LogP contribution in [0.25, 0.3) is 0 Å². The van der Waals surface area contributed by atoms with Crippen LogP contribution in [0.3, 0.4) is 0 Å². The maximum Gasteiger partial charge on any atom is 0.229 e. The van der Waals surface area contributed by atoms with Gasteiger partial charge in [-0.25, -0.2) is 0 Å². The van der Waals surface area contributed by atoms with Crippen molar-refractivity contribution in [1.29, 1.82) is 0 Å². The lowest BCUT2D eigenvalue weighted by molar-refractivity contribution is -0.148. The predicted molar refractivity (Wildman–Crippen MR) is 72.5 cm³/mol. The normalized spacial score (nSPS) is 35.7. The molecule has 0 saturated heterocycles. The average molecular weight is 267 g/mol. The molecule has 2 saturated carbocycles. The molecular weight excluding hydrogens is 242 g/mol. The highest BCUT2D eigenvalue weighted by molar-refractivity contribution is 5.99. The summed E-state index contributed by atoms with van der Waals surface area (Å²) >= 11 is 0. The number of fused-ring (bicyclic) bond motifs is 2. The van der Waals surface area contributed by atoms with Crippen molar-refractivity contribution in [2.24, 2.45) is 16.2 Å². The van der Waals surface area contributed by atoms with Crippen molar-refractivity contribution >= 4 is 11.7 Å². The molecule has 2 atom stereocenters. The van der Waals surface area contributed by atoms with Gasteiger partial charge in [0, 0.05) is 24.9 Å². The third-order valence-corrected chi connectivity index (χ3v) is 6.15. The molecule has 1 amide bonds. The first-order chi connectivity index (χ1) is 8.77. The van der Waals surface area contributed by atoms with Gasteiger partial charge >= 0.3 is 0 Å². The zero-order chi connectivity index (χ0) is 14.5. The lowest BCUT2D eigenvalue weighted by atomic mass is 9.64. The molecule has 0 aromatic heterocycles. The Hall–Kier alpha value is -0.900. The number of ketones is 1. The van der Waals surface area contributed by atoms with E-state index in [2.05, 4.69) is 13.8 Å². The Kier molecular flexibility index (Phi) is 3.28. The summed E-state index contributed by atoms with van der Waals surface area (Å²) in [6.45, 7) is 8.98. The molecule has 0 aliphatic heterocycles. The summed E-state index contributed by atoms with van der Waals surface area (Å²) in [6, 6.07) is 0. The quantitative estimate of drug-likeness (QED) is 0.842. The Morgan fingerprint density at radius 1 is 1.32 bits per heavy atom. The van der Waals surface area contributed by atoms with Gasteiger partial charge in [-0.1, -0.05) is 20.8 Å². The van der Waals surface area contributed by atoms with Gasteiger partial charge in [0.1, 0.15) is 5.78 Å². The molecule has 0 heterocycles. The second kappa shape index (κ2) is 4.30. The molecule has 2 fully saturated rings. The molecule has 4 nitrogen and oxygen atoms in total. The van der Waals surface area contributed by atoms with Gasteiger partial charge in [-0.3, -0.25) is 9.59 Å². The van der Waals surface area contributed by atoms with Crippen LogP contribution in [0.15, 0.2) is 0 Å². The van der Waals surface area contributed by atoms with E-state index in [0.29, 0.717) is 19.5 Å². The Bertz CT molecular complexity index is 418. The van der Waals surface area contributed by atoms with Crippen LogP contribution in [0.5, 0.6) is 0 Å². The molecule has 0 unspecified atom stereocenters. The Morgan fingerprint density at radius 3 is 2.32 bits per heavy atom. The SMILES string of the molecule is CCN(CCO)C(=O)[C@]12CC[C@](C)(C(=O)C1)C2(C)C. The first-order valence-corrected chi connectivity index (χ1v) is 7.20. The molecule has 0 spiro atoms. The van der Waals surface area contributed by atoms with Crippen LogP contribution in [0.2, 0.25) is 0 Å². The minimum Gasteiger partial charge on any atom is -0.395 e. The molecule has 2 bridgehead atoms. The van der Waals surface area contributed by atoms with Gasteiger partial charge in [-0.2, -0.15) is 0 Å². The van der Waals surface area contributed by atoms with E-state index in [9.17, 15) is 9.59 Å². The summed E-state index contributed by atoms with van der Waals surface area (Å²) in [5.41, 5.74) is -1.21. The lowest BCUT2D eigenvalue weighted by Gasteiger charge is -2.41. The fourth-order valence-corrected chi connectivity index (χ4v) is 4.16. The molecule has 0 radical (unpaired) electrons. The maximum atomic E-state index is 12.9. The number of carbonyl (C=O) groups excluding carboxylic acids is 2. The van der Waals surface area contributed by atoms with E-state index in [0.717, 1.165) is 12.8 Å². The van der Waals surface area contributed by atoms with Crippen LogP contribution in [0.4, 0.5) is 0 Å². The van der Waals surface area contributed by atoms with Crippen LogP contribution >= 0.6 is 0 Å². The number of likely N-dealkylation sites (N-methyl/N-ethyl adjacent to an activating group) is 1. The minimum atomic E-state index is -0.552. The largest absolute Gasteiger partial charge is 0.395 e. The van der Waals surface area contributed by atoms with Gasteiger partial charge in [-0.05, 0) is 25.2 Å². The van der Waals surface area contributed by atoms with Crippen molar-refractivity contribution in [1.82, 2.24) is 4.90 Å². The van der Waals surface area contributed by atoms with Crippen LogP contribution in [0, 0.1) is 16.2 Å². The number of nitrogens with zero attached hydrogens (tertiary/aromatic N) is 1. The van der Waals surface area contributed by atoms with Crippen molar-refractivity contribution in [3.8, 4) is 0 Å². The Morgan fingerprint density at radius 2 is 1.95 bits per heavy atom. The van der Waals surface area contributed by atoms with Crippen molar-refractivity contribution in [2.75, 3.05) is 19.7 Å². The molecular formula is C15H25NO3. The van der Waals surface area contributed by atoms with Gasteiger partial charge in [-0.15, -0.1) is 0 Å². The first kappa shape index (κ1) is 14.5. The van der Waals surface area contributed by atoms with Gasteiger partial charge in [0.05, 0.1) is 12.0 Å². The molecule has 4 heteroatoms. The second-order valence-electron chi connectivity index (χ2n) is 6.75. The molecule has 0 aromatic rings. The number of aliphatic hydroxyl groups excluding tert-OH is 1. The number of Topliss-reactive ketones (excluding diaryl/α,β-unsaturated/α-hetero) is 1. The van der Waals surface area contributed by atoms with Crippen LogP contribution < -0.4 is 0 Å². The van der Waals surface area contributed by atoms with Crippen molar-refractivity contribution in [3.63, 3.8) is 0 Å². The monoisotopic (exact) mass is 267 g/mol. The standard InChI is InChI=1S/C15H25NO3/c1-5-16(8-9-17)12(19)15-7-6-14(4,11(18)10-15)13(15,2)3/h17H,5-10H2,1-4H3/t14-,15+/m1/s1. The number of rotatable bonds is 4. The molecule has 2 aliphatic carbocycles. The topological polar surface area (TPSA) is 57.6 Å². The van der Waals surface area contributed by atoms with E-state index < -0.39 is 5.41 Å². The smallest absolute Gasteiger partial charge is 0.229 e. The number of amides is 1. The predicted octanol–water partition coefficient (Wildman–Crippen LogP) is 1.61. The Labute approximate surface area is 115 Å². The number of hydrogen-bond acceptors (Lipinski definition) is 3. The van der Waals surface area contributed by atoms with Gasteiger partial charge in [0.25, 0.3) is 0 Å². The lowest BCUT2D eigenvalue weighted by Crippen LogP contribution is -2.49. The molecule has 19 heavy (non-hydrogen) atoms. The fourth-order valence-electron chi connectivity index (χ4n) is 4.16. The Balaban J connectivity index is 2.39. The zero-order valence-corrected chi connectivity index (χ0v) is 12.5. The van der Waals surface area contributed by atoms with Crippen molar-refractivity contribution < 1.29 is 14.7 Å². The fraction of sp³-hybridized carbons (Fsp3) is 0.867. The first-order valence-electron chi connectivity index (χ1n) is 7.20. The summed E-state index contributed by atoms with van der Waals surface area (Å²) in [5, 5.41) is 9.10.